The highest BCUT2D eigenvalue weighted by Crippen LogP contribution is 2.29. The number of thioether (sulfide) groups is 1. The molecule has 0 saturated heterocycles. The Kier molecular flexibility index (Phi) is 6.88. The molecule has 3 aromatic rings. The second kappa shape index (κ2) is 9.37. The summed E-state index contributed by atoms with van der Waals surface area (Å²) in [7, 11) is 1.97. The molecule has 0 aliphatic heterocycles. The Morgan fingerprint density at radius 2 is 1.79 bits per heavy atom. The molecule has 0 fully saturated rings. The third-order valence-corrected chi connectivity index (χ3v) is 5.88. The lowest BCUT2D eigenvalue weighted by Crippen LogP contribution is -2.13. The first kappa shape index (κ1) is 20.6. The van der Waals surface area contributed by atoms with Crippen molar-refractivity contribution in [1.82, 2.24) is 0 Å². The molecule has 0 heterocycles. The number of hydrogen-bond acceptors (Lipinski definition) is 4. The maximum atomic E-state index is 13.9. The van der Waals surface area contributed by atoms with E-state index in [0.29, 0.717) is 5.56 Å². The standard InChI is InChI=1S/C21H18ClFN2OS2/c1-25(16-7-9-17(27-2)10-8-16)28-18-5-3-4-14(12-18)21(26)24-20-11-6-15(22)13-19(20)23/h3-13H,1-2H3,(H,24,26). The highest BCUT2D eigenvalue weighted by Gasteiger charge is 2.11. The van der Waals surface area contributed by atoms with Crippen molar-refractivity contribution in [1.29, 1.82) is 0 Å². The van der Waals surface area contributed by atoms with Crippen molar-refractivity contribution in [2.75, 3.05) is 22.9 Å². The first-order valence-corrected chi connectivity index (χ1v) is 10.8. The van der Waals surface area contributed by atoms with Gasteiger partial charge in [0.2, 0.25) is 0 Å². The van der Waals surface area contributed by atoms with Gasteiger partial charge in [-0.1, -0.05) is 17.7 Å². The maximum absolute atomic E-state index is 13.9. The molecule has 3 nitrogen and oxygen atoms in total. The van der Waals surface area contributed by atoms with Crippen molar-refractivity contribution in [3.05, 3.63) is 83.1 Å². The van der Waals surface area contributed by atoms with Gasteiger partial charge in [-0.25, -0.2) is 4.39 Å². The average molecular weight is 433 g/mol. The molecule has 3 aromatic carbocycles. The van der Waals surface area contributed by atoms with E-state index < -0.39 is 5.82 Å². The van der Waals surface area contributed by atoms with E-state index in [2.05, 4.69) is 29.6 Å². The largest absolute Gasteiger partial charge is 0.319 e. The van der Waals surface area contributed by atoms with E-state index in [1.165, 1.54) is 35.0 Å². The van der Waals surface area contributed by atoms with E-state index in [0.717, 1.165) is 10.6 Å². The number of nitrogens with one attached hydrogen (secondary N) is 1. The fourth-order valence-electron chi connectivity index (χ4n) is 2.48. The molecule has 0 atom stereocenters. The van der Waals surface area contributed by atoms with Gasteiger partial charge in [-0.3, -0.25) is 4.79 Å². The third kappa shape index (κ3) is 5.22. The number of carbonyl (C=O) groups excluding carboxylic acids is 1. The van der Waals surface area contributed by atoms with Gasteiger partial charge in [0.05, 0.1) is 5.69 Å². The van der Waals surface area contributed by atoms with Crippen molar-refractivity contribution in [2.24, 2.45) is 0 Å². The maximum Gasteiger partial charge on any atom is 0.255 e. The molecule has 3 rings (SSSR count). The second-order valence-electron chi connectivity index (χ2n) is 5.89. The first-order valence-electron chi connectivity index (χ1n) is 8.38. The fraction of sp³-hybridized carbons (Fsp3) is 0.0952. The number of rotatable bonds is 6. The van der Waals surface area contributed by atoms with Crippen molar-refractivity contribution in [3.63, 3.8) is 0 Å². The van der Waals surface area contributed by atoms with E-state index in [1.54, 1.807) is 30.0 Å². The minimum Gasteiger partial charge on any atom is -0.319 e. The summed E-state index contributed by atoms with van der Waals surface area (Å²) in [6.45, 7) is 0. The third-order valence-electron chi connectivity index (χ3n) is 3.95. The minimum absolute atomic E-state index is 0.0958. The van der Waals surface area contributed by atoms with Crippen molar-refractivity contribution < 1.29 is 9.18 Å². The van der Waals surface area contributed by atoms with Crippen molar-refractivity contribution in [2.45, 2.75) is 9.79 Å². The monoisotopic (exact) mass is 432 g/mol. The lowest BCUT2D eigenvalue weighted by Gasteiger charge is -2.18. The van der Waals surface area contributed by atoms with Crippen LogP contribution in [0.15, 0.2) is 76.5 Å². The molecule has 144 valence electrons. The second-order valence-corrected chi connectivity index (χ2v) is 8.41. The zero-order valence-corrected chi connectivity index (χ0v) is 17.7. The van der Waals surface area contributed by atoms with Gasteiger partial charge in [-0.05, 0) is 78.9 Å². The number of benzene rings is 3. The number of amides is 1. The Morgan fingerprint density at radius 1 is 1.04 bits per heavy atom. The zero-order chi connectivity index (χ0) is 20.1. The van der Waals surface area contributed by atoms with Gasteiger partial charge in [-0.15, -0.1) is 11.8 Å². The molecule has 0 bridgehead atoms. The van der Waals surface area contributed by atoms with Gasteiger partial charge >= 0.3 is 0 Å². The molecule has 0 aliphatic carbocycles. The topological polar surface area (TPSA) is 32.3 Å². The number of anilines is 2. The van der Waals surface area contributed by atoms with Crippen LogP contribution in [-0.2, 0) is 0 Å². The van der Waals surface area contributed by atoms with E-state index in [1.807, 2.05) is 23.7 Å². The quantitative estimate of drug-likeness (QED) is 0.351. The van der Waals surface area contributed by atoms with Crippen LogP contribution < -0.4 is 9.62 Å². The van der Waals surface area contributed by atoms with E-state index in [-0.39, 0.29) is 16.6 Å². The molecule has 0 saturated carbocycles. The SMILES string of the molecule is CSc1ccc(N(C)Sc2cccc(C(=O)Nc3ccc(Cl)cc3F)c2)cc1. The number of nitrogens with zero attached hydrogens (tertiary/aromatic N) is 1. The molecule has 0 radical (unpaired) electrons. The molecule has 28 heavy (non-hydrogen) atoms. The number of hydrogen-bond donors (Lipinski definition) is 1. The number of halogens is 2. The van der Waals surface area contributed by atoms with Crippen LogP contribution in [0, 0.1) is 5.82 Å². The predicted octanol–water partition coefficient (Wildman–Crippen LogP) is 6.60. The van der Waals surface area contributed by atoms with Crippen molar-refractivity contribution in [3.8, 4) is 0 Å². The summed E-state index contributed by atoms with van der Waals surface area (Å²) in [5, 5.41) is 2.86. The van der Waals surface area contributed by atoms with Gasteiger partial charge < -0.3 is 9.62 Å². The average Bonchev–Trinajstić information content (AvgIpc) is 2.70. The minimum atomic E-state index is -0.570. The highest BCUT2D eigenvalue weighted by molar-refractivity contribution is 8.00. The van der Waals surface area contributed by atoms with Crippen LogP contribution in [0.4, 0.5) is 15.8 Å². The fourth-order valence-corrected chi connectivity index (χ4v) is 3.91. The Hall–Kier alpha value is -2.15. The number of carbonyl (C=O) groups is 1. The van der Waals surface area contributed by atoms with Crippen LogP contribution in [0.1, 0.15) is 10.4 Å². The van der Waals surface area contributed by atoms with Gasteiger partial charge in [0.15, 0.2) is 0 Å². The zero-order valence-electron chi connectivity index (χ0n) is 15.3. The summed E-state index contributed by atoms with van der Waals surface area (Å²) in [6.07, 6.45) is 2.04. The molecule has 1 amide bonds. The predicted molar refractivity (Wildman–Crippen MR) is 118 cm³/mol. The molecule has 0 aliphatic rings. The Morgan fingerprint density at radius 3 is 2.46 bits per heavy atom. The van der Waals surface area contributed by atoms with Crippen LogP contribution in [0.3, 0.4) is 0 Å². The van der Waals surface area contributed by atoms with Gasteiger partial charge in [0.25, 0.3) is 5.91 Å². The first-order chi connectivity index (χ1) is 13.5. The van der Waals surface area contributed by atoms with Crippen LogP contribution in [0.25, 0.3) is 0 Å². The molecular weight excluding hydrogens is 415 g/mol. The summed E-state index contributed by atoms with van der Waals surface area (Å²) in [4.78, 5) is 14.6. The molecule has 0 aromatic heterocycles. The van der Waals surface area contributed by atoms with Crippen molar-refractivity contribution >= 4 is 52.6 Å². The van der Waals surface area contributed by atoms with Crippen LogP contribution in [0.2, 0.25) is 5.02 Å². The molecule has 0 spiro atoms. The lowest BCUT2D eigenvalue weighted by atomic mass is 10.2. The summed E-state index contributed by atoms with van der Waals surface area (Å²) in [6, 6.07) is 19.6. The van der Waals surface area contributed by atoms with Gasteiger partial charge in [0, 0.05) is 33.1 Å². The van der Waals surface area contributed by atoms with Gasteiger partial charge in [0.1, 0.15) is 5.82 Å². The highest BCUT2D eigenvalue weighted by atomic mass is 35.5. The summed E-state index contributed by atoms with van der Waals surface area (Å²) in [5.41, 5.74) is 1.60. The molecule has 1 N–H and O–H groups in total. The Bertz CT molecular complexity index is 982. The summed E-state index contributed by atoms with van der Waals surface area (Å²) >= 11 is 8.95. The van der Waals surface area contributed by atoms with E-state index >= 15 is 0 Å². The lowest BCUT2D eigenvalue weighted by molar-refractivity contribution is 0.102. The van der Waals surface area contributed by atoms with Crippen LogP contribution >= 0.6 is 35.3 Å². The van der Waals surface area contributed by atoms with Gasteiger partial charge in [-0.2, -0.15) is 0 Å². The van der Waals surface area contributed by atoms with E-state index in [4.69, 9.17) is 11.6 Å². The molecule has 0 unspecified atom stereocenters. The molecule has 7 heteroatoms. The Labute approximate surface area is 177 Å². The summed E-state index contributed by atoms with van der Waals surface area (Å²) in [5.74, 6) is -0.949. The van der Waals surface area contributed by atoms with Crippen LogP contribution in [-0.4, -0.2) is 19.2 Å². The van der Waals surface area contributed by atoms with E-state index in [9.17, 15) is 9.18 Å². The Balaban J connectivity index is 1.71. The summed E-state index contributed by atoms with van der Waals surface area (Å²) < 4.78 is 15.9. The van der Waals surface area contributed by atoms with Crippen LogP contribution in [0.5, 0.6) is 0 Å². The molecular formula is C21H18ClFN2OS2. The smallest absolute Gasteiger partial charge is 0.255 e. The normalized spacial score (nSPS) is 10.6.